The van der Waals surface area contributed by atoms with Crippen LogP contribution in [-0.2, 0) is 11.3 Å². The Morgan fingerprint density at radius 1 is 1.03 bits per heavy atom. The van der Waals surface area contributed by atoms with Gasteiger partial charge in [0.15, 0.2) is 12.4 Å². The van der Waals surface area contributed by atoms with Crippen LogP contribution in [0.3, 0.4) is 0 Å². The first-order chi connectivity index (χ1) is 16.0. The summed E-state index contributed by atoms with van der Waals surface area (Å²) in [4.78, 5) is 38.6. The molecule has 1 saturated carbocycles. The number of amides is 3. The van der Waals surface area contributed by atoms with Crippen LogP contribution < -0.4 is 15.4 Å². The Bertz CT molecular complexity index is 1120. The molecule has 0 saturated heterocycles. The number of hydrogen-bond donors (Lipinski definition) is 2. The highest BCUT2D eigenvalue weighted by molar-refractivity contribution is 6.02. The van der Waals surface area contributed by atoms with Crippen molar-refractivity contribution >= 4 is 23.4 Å². The molecule has 4 rings (SSSR count). The van der Waals surface area contributed by atoms with Gasteiger partial charge in [-0.15, -0.1) is 0 Å². The van der Waals surface area contributed by atoms with Crippen LogP contribution >= 0.6 is 0 Å². The van der Waals surface area contributed by atoms with Crippen molar-refractivity contribution in [2.75, 3.05) is 19.0 Å². The van der Waals surface area contributed by atoms with Gasteiger partial charge in [0, 0.05) is 37.0 Å². The fourth-order valence-corrected chi connectivity index (χ4v) is 3.40. The second-order valence-corrected chi connectivity index (χ2v) is 7.78. The molecule has 8 heteroatoms. The van der Waals surface area contributed by atoms with Gasteiger partial charge in [0.1, 0.15) is 5.75 Å². The lowest BCUT2D eigenvalue weighted by Gasteiger charge is -2.23. The number of furan rings is 1. The van der Waals surface area contributed by atoms with E-state index < -0.39 is 0 Å². The summed E-state index contributed by atoms with van der Waals surface area (Å²) >= 11 is 0. The first-order valence-corrected chi connectivity index (χ1v) is 10.7. The average Bonchev–Trinajstić information content (AvgIpc) is 3.52. The summed E-state index contributed by atoms with van der Waals surface area (Å²) in [6.45, 7) is 0.350. The van der Waals surface area contributed by atoms with Crippen LogP contribution in [0.2, 0.25) is 0 Å². The molecule has 1 heterocycles. The molecular weight excluding hydrogens is 422 g/mol. The Morgan fingerprint density at radius 2 is 1.82 bits per heavy atom. The van der Waals surface area contributed by atoms with Crippen molar-refractivity contribution in [1.29, 1.82) is 0 Å². The second-order valence-electron chi connectivity index (χ2n) is 7.78. The van der Waals surface area contributed by atoms with Crippen molar-refractivity contribution in [2.45, 2.75) is 25.4 Å². The molecule has 0 aliphatic heterocycles. The zero-order chi connectivity index (χ0) is 23.2. The molecule has 0 unspecified atom stereocenters. The van der Waals surface area contributed by atoms with Crippen molar-refractivity contribution in [3.63, 3.8) is 0 Å². The van der Waals surface area contributed by atoms with E-state index >= 15 is 0 Å². The standard InChI is InChI=1S/C25H25N3O5/c1-26-24(30)18-9-7-17(8-10-18)15-28(20-11-12-20)23(29)16-33-21-5-2-4-19(14-21)27-25(31)22-6-3-13-32-22/h2-10,13-14,20H,11-12,15-16H2,1H3,(H,26,30)(H,27,31). The summed E-state index contributed by atoms with van der Waals surface area (Å²) in [6, 6.07) is 17.5. The topological polar surface area (TPSA) is 101 Å². The highest BCUT2D eigenvalue weighted by Gasteiger charge is 2.32. The van der Waals surface area contributed by atoms with Gasteiger partial charge in [-0.2, -0.15) is 0 Å². The van der Waals surface area contributed by atoms with Gasteiger partial charge in [0.05, 0.1) is 6.26 Å². The predicted molar refractivity (Wildman–Crippen MR) is 122 cm³/mol. The molecule has 0 atom stereocenters. The van der Waals surface area contributed by atoms with Crippen LogP contribution in [0, 0.1) is 0 Å². The molecule has 33 heavy (non-hydrogen) atoms. The van der Waals surface area contributed by atoms with Crippen LogP contribution in [0.25, 0.3) is 0 Å². The minimum absolute atomic E-state index is 0.109. The number of carbonyl (C=O) groups excluding carboxylic acids is 3. The van der Waals surface area contributed by atoms with E-state index in [-0.39, 0.29) is 36.1 Å². The fraction of sp³-hybridized carbons (Fsp3) is 0.240. The van der Waals surface area contributed by atoms with Crippen LogP contribution in [-0.4, -0.2) is 42.3 Å². The lowest BCUT2D eigenvalue weighted by atomic mass is 10.1. The Morgan fingerprint density at radius 3 is 2.48 bits per heavy atom. The van der Waals surface area contributed by atoms with Gasteiger partial charge in [-0.05, 0) is 54.8 Å². The molecule has 1 aliphatic carbocycles. The number of benzene rings is 2. The van der Waals surface area contributed by atoms with Gasteiger partial charge in [-0.25, -0.2) is 0 Å². The Labute approximate surface area is 191 Å². The number of hydrogen-bond acceptors (Lipinski definition) is 5. The van der Waals surface area contributed by atoms with E-state index in [1.54, 1.807) is 55.6 Å². The third-order valence-electron chi connectivity index (χ3n) is 5.30. The largest absolute Gasteiger partial charge is 0.484 e. The number of anilines is 1. The van der Waals surface area contributed by atoms with E-state index in [2.05, 4.69) is 10.6 Å². The lowest BCUT2D eigenvalue weighted by Crippen LogP contribution is -2.36. The molecule has 1 aliphatic rings. The third kappa shape index (κ3) is 5.79. The van der Waals surface area contributed by atoms with Crippen molar-refractivity contribution in [2.24, 2.45) is 0 Å². The smallest absolute Gasteiger partial charge is 0.291 e. The van der Waals surface area contributed by atoms with Gasteiger partial charge in [0.2, 0.25) is 0 Å². The third-order valence-corrected chi connectivity index (χ3v) is 5.30. The molecule has 8 nitrogen and oxygen atoms in total. The van der Waals surface area contributed by atoms with E-state index in [4.69, 9.17) is 9.15 Å². The maximum atomic E-state index is 12.9. The minimum Gasteiger partial charge on any atom is -0.484 e. The molecular formula is C25H25N3O5. The molecule has 0 radical (unpaired) electrons. The predicted octanol–water partition coefficient (Wildman–Crippen LogP) is 3.46. The van der Waals surface area contributed by atoms with Gasteiger partial charge < -0.3 is 24.7 Å². The average molecular weight is 447 g/mol. The van der Waals surface area contributed by atoms with Gasteiger partial charge in [-0.3, -0.25) is 14.4 Å². The Balaban J connectivity index is 1.35. The number of nitrogens with zero attached hydrogens (tertiary/aromatic N) is 1. The SMILES string of the molecule is CNC(=O)c1ccc(CN(C(=O)COc2cccc(NC(=O)c3ccco3)c2)C2CC2)cc1. The number of rotatable bonds is 9. The first kappa shape index (κ1) is 22.1. The quantitative estimate of drug-likeness (QED) is 0.523. The van der Waals surface area contributed by atoms with Crippen LogP contribution in [0.1, 0.15) is 39.3 Å². The maximum absolute atomic E-state index is 12.9. The number of nitrogens with one attached hydrogen (secondary N) is 2. The minimum atomic E-state index is -0.365. The van der Waals surface area contributed by atoms with E-state index in [0.29, 0.717) is 23.5 Å². The van der Waals surface area contributed by atoms with Crippen LogP contribution in [0.5, 0.6) is 5.75 Å². The van der Waals surface area contributed by atoms with E-state index in [1.165, 1.54) is 6.26 Å². The first-order valence-electron chi connectivity index (χ1n) is 10.7. The molecule has 2 aromatic carbocycles. The molecule has 0 spiro atoms. The maximum Gasteiger partial charge on any atom is 0.291 e. The summed E-state index contributed by atoms with van der Waals surface area (Å²) in [7, 11) is 1.59. The number of ether oxygens (including phenoxy) is 1. The summed E-state index contributed by atoms with van der Waals surface area (Å²) < 4.78 is 10.8. The van der Waals surface area contributed by atoms with Gasteiger partial charge >= 0.3 is 0 Å². The monoisotopic (exact) mass is 447 g/mol. The summed E-state index contributed by atoms with van der Waals surface area (Å²) in [5, 5.41) is 5.33. The number of carbonyl (C=O) groups is 3. The highest BCUT2D eigenvalue weighted by atomic mass is 16.5. The summed E-state index contributed by atoms with van der Waals surface area (Å²) in [6.07, 6.45) is 3.37. The Hall–Kier alpha value is -4.07. The lowest BCUT2D eigenvalue weighted by molar-refractivity contribution is -0.134. The molecule has 3 aromatic rings. The zero-order valence-electron chi connectivity index (χ0n) is 18.2. The zero-order valence-corrected chi connectivity index (χ0v) is 18.2. The fourth-order valence-electron chi connectivity index (χ4n) is 3.40. The highest BCUT2D eigenvalue weighted by Crippen LogP contribution is 2.29. The molecule has 2 N–H and O–H groups in total. The van der Waals surface area contributed by atoms with Crippen molar-refractivity contribution < 1.29 is 23.5 Å². The van der Waals surface area contributed by atoms with Crippen molar-refractivity contribution in [3.8, 4) is 5.75 Å². The van der Waals surface area contributed by atoms with E-state index in [9.17, 15) is 14.4 Å². The summed E-state index contributed by atoms with van der Waals surface area (Å²) in [5.41, 5.74) is 2.06. The normalized spacial score (nSPS) is 12.6. The van der Waals surface area contributed by atoms with E-state index in [0.717, 1.165) is 18.4 Å². The van der Waals surface area contributed by atoms with Gasteiger partial charge in [-0.1, -0.05) is 18.2 Å². The van der Waals surface area contributed by atoms with Crippen molar-refractivity contribution in [1.82, 2.24) is 10.2 Å². The van der Waals surface area contributed by atoms with Crippen LogP contribution in [0.4, 0.5) is 5.69 Å². The molecule has 1 aromatic heterocycles. The Kier molecular flexibility index (Phi) is 6.73. The molecule has 170 valence electrons. The van der Waals surface area contributed by atoms with Crippen LogP contribution in [0.15, 0.2) is 71.3 Å². The second kappa shape index (κ2) is 10.0. The van der Waals surface area contributed by atoms with Gasteiger partial charge in [0.25, 0.3) is 17.7 Å². The molecule has 3 amide bonds. The van der Waals surface area contributed by atoms with Crippen molar-refractivity contribution in [3.05, 3.63) is 83.8 Å². The summed E-state index contributed by atoms with van der Waals surface area (Å²) in [5.74, 6) is 0.0623. The van der Waals surface area contributed by atoms with E-state index in [1.807, 2.05) is 17.0 Å². The molecule has 0 bridgehead atoms. The molecule has 1 fully saturated rings.